The number of quaternary nitrogens is 1. The fourth-order valence-corrected chi connectivity index (χ4v) is 5.32. The molecular weight excluding hydrogens is 416 g/mol. The molecule has 192 valence electrons. The standard InChI is InChI=1S/C30H59N2Si/c1-32(2,29-30-23-19-18-20-24-30)27-26-31-25-21-16-14-12-10-8-6-4-3-5-7-9-11-13-15-17-22-28-33/h18-20,23-24,31H,3-17,21-22,25-29H2,1-2,33H3/q+1. The van der Waals surface area contributed by atoms with E-state index in [0.29, 0.717) is 0 Å². The molecule has 0 aromatic heterocycles. The SMILES string of the molecule is C[N+](C)(CCNCCCCCCCCCCCCCCCCCCC[SiH3])Cc1ccccc1. The van der Waals surface area contributed by atoms with Crippen LogP contribution in [0.15, 0.2) is 30.3 Å². The highest BCUT2D eigenvalue weighted by Crippen LogP contribution is 2.14. The summed E-state index contributed by atoms with van der Waals surface area (Å²) in [6, 6.07) is 12.4. The lowest BCUT2D eigenvalue weighted by Crippen LogP contribution is -2.43. The molecule has 0 aliphatic rings. The van der Waals surface area contributed by atoms with Gasteiger partial charge in [-0.3, -0.25) is 0 Å². The van der Waals surface area contributed by atoms with Gasteiger partial charge in [-0.2, -0.15) is 0 Å². The maximum Gasteiger partial charge on any atom is 0.104 e. The van der Waals surface area contributed by atoms with Crippen LogP contribution in [0.5, 0.6) is 0 Å². The third-order valence-corrected chi connectivity index (χ3v) is 7.76. The fraction of sp³-hybridized carbons (Fsp3) is 0.800. The van der Waals surface area contributed by atoms with Crippen LogP contribution in [0.25, 0.3) is 0 Å². The number of unbranched alkanes of at least 4 members (excludes halogenated alkanes) is 16. The van der Waals surface area contributed by atoms with Gasteiger partial charge in [-0.15, -0.1) is 0 Å². The number of likely N-dealkylation sites (N-methyl/N-ethyl adjacent to an activating group) is 1. The molecule has 2 nitrogen and oxygen atoms in total. The van der Waals surface area contributed by atoms with Crippen molar-refractivity contribution in [2.24, 2.45) is 0 Å². The van der Waals surface area contributed by atoms with Crippen LogP contribution in [0.2, 0.25) is 6.04 Å². The molecule has 1 aromatic carbocycles. The second-order valence-electron chi connectivity index (χ2n) is 11.1. The van der Waals surface area contributed by atoms with E-state index in [2.05, 4.69) is 49.7 Å². The number of benzene rings is 1. The van der Waals surface area contributed by atoms with Crippen molar-refractivity contribution in [2.45, 2.75) is 122 Å². The summed E-state index contributed by atoms with van der Waals surface area (Å²) < 4.78 is 1.05. The summed E-state index contributed by atoms with van der Waals surface area (Å²) in [4.78, 5) is 0. The molecule has 0 unspecified atom stereocenters. The zero-order valence-electron chi connectivity index (χ0n) is 22.9. The lowest BCUT2D eigenvalue weighted by Gasteiger charge is -2.30. The van der Waals surface area contributed by atoms with Gasteiger partial charge in [0.05, 0.1) is 20.6 Å². The minimum Gasteiger partial charge on any atom is -0.324 e. The van der Waals surface area contributed by atoms with Crippen LogP contribution in [0, 0.1) is 0 Å². The quantitative estimate of drug-likeness (QED) is 0.0941. The predicted molar refractivity (Wildman–Crippen MR) is 153 cm³/mol. The van der Waals surface area contributed by atoms with Crippen LogP contribution in [0.3, 0.4) is 0 Å². The Balaban J connectivity index is 1.75. The van der Waals surface area contributed by atoms with Crippen molar-refractivity contribution in [1.82, 2.24) is 5.32 Å². The monoisotopic (exact) mass is 475 g/mol. The van der Waals surface area contributed by atoms with E-state index < -0.39 is 0 Å². The molecular formula is C30H59N2Si+. The minimum atomic E-state index is 1.05. The highest BCUT2D eigenvalue weighted by Gasteiger charge is 2.14. The number of nitrogens with one attached hydrogen (secondary N) is 1. The van der Waals surface area contributed by atoms with Crippen molar-refractivity contribution in [3.05, 3.63) is 35.9 Å². The molecule has 0 atom stereocenters. The van der Waals surface area contributed by atoms with Gasteiger partial charge in [-0.1, -0.05) is 139 Å². The maximum atomic E-state index is 3.67. The second kappa shape index (κ2) is 21.9. The van der Waals surface area contributed by atoms with Crippen LogP contribution in [0.1, 0.15) is 115 Å². The van der Waals surface area contributed by atoms with Crippen LogP contribution >= 0.6 is 0 Å². The van der Waals surface area contributed by atoms with Gasteiger partial charge in [0.15, 0.2) is 0 Å². The Hall–Kier alpha value is -0.643. The van der Waals surface area contributed by atoms with Gasteiger partial charge >= 0.3 is 0 Å². The Labute approximate surface area is 211 Å². The number of hydrogen-bond acceptors (Lipinski definition) is 1. The summed E-state index contributed by atoms with van der Waals surface area (Å²) in [5.74, 6) is 0. The van der Waals surface area contributed by atoms with Crippen LogP contribution < -0.4 is 5.32 Å². The van der Waals surface area contributed by atoms with Crippen molar-refractivity contribution in [3.8, 4) is 0 Å². The molecule has 0 spiro atoms. The molecule has 0 aliphatic heterocycles. The van der Waals surface area contributed by atoms with E-state index in [4.69, 9.17) is 0 Å². The summed E-state index contributed by atoms with van der Waals surface area (Å²) in [5, 5.41) is 3.67. The molecule has 1 N–H and O–H groups in total. The topological polar surface area (TPSA) is 12.0 Å². The average Bonchev–Trinajstić information content (AvgIpc) is 2.80. The molecule has 1 rings (SSSR count). The molecule has 0 bridgehead atoms. The molecule has 0 saturated heterocycles. The molecule has 33 heavy (non-hydrogen) atoms. The van der Waals surface area contributed by atoms with Crippen LogP contribution in [-0.4, -0.2) is 48.5 Å². The van der Waals surface area contributed by atoms with E-state index in [1.807, 2.05) is 0 Å². The van der Waals surface area contributed by atoms with E-state index in [0.717, 1.165) is 17.6 Å². The molecule has 0 amide bonds. The highest BCUT2D eigenvalue weighted by atomic mass is 28.1. The van der Waals surface area contributed by atoms with Crippen molar-refractivity contribution >= 4 is 10.2 Å². The lowest BCUT2D eigenvalue weighted by atomic mass is 10.0. The Morgan fingerprint density at radius 1 is 0.576 bits per heavy atom. The summed E-state index contributed by atoms with van der Waals surface area (Å²) in [6.45, 7) is 4.61. The zero-order valence-corrected chi connectivity index (χ0v) is 24.9. The van der Waals surface area contributed by atoms with E-state index in [-0.39, 0.29) is 0 Å². The zero-order chi connectivity index (χ0) is 23.9. The molecule has 0 aliphatic carbocycles. The van der Waals surface area contributed by atoms with Gasteiger partial charge in [0.1, 0.15) is 6.54 Å². The van der Waals surface area contributed by atoms with Gasteiger partial charge in [0, 0.05) is 22.4 Å². The third-order valence-electron chi connectivity index (χ3n) is 7.05. The van der Waals surface area contributed by atoms with Crippen molar-refractivity contribution in [1.29, 1.82) is 0 Å². The fourth-order valence-electron chi connectivity index (χ4n) is 4.82. The molecule has 1 aromatic rings. The Kier molecular flexibility index (Phi) is 20.1. The smallest absolute Gasteiger partial charge is 0.104 e. The normalized spacial score (nSPS) is 11.9. The van der Waals surface area contributed by atoms with Crippen LogP contribution in [0.4, 0.5) is 0 Å². The van der Waals surface area contributed by atoms with Gasteiger partial charge < -0.3 is 9.80 Å². The van der Waals surface area contributed by atoms with E-state index >= 15 is 0 Å². The first-order chi connectivity index (χ1) is 16.1. The highest BCUT2D eigenvalue weighted by molar-refractivity contribution is 6.08. The first-order valence-corrected chi connectivity index (χ1v) is 16.1. The van der Waals surface area contributed by atoms with E-state index in [1.54, 1.807) is 0 Å². The lowest BCUT2D eigenvalue weighted by molar-refractivity contribution is -0.902. The average molecular weight is 476 g/mol. The van der Waals surface area contributed by atoms with Gasteiger partial charge in [-0.25, -0.2) is 0 Å². The maximum absolute atomic E-state index is 3.67. The predicted octanol–water partition coefficient (Wildman–Crippen LogP) is 7.27. The first-order valence-electron chi connectivity index (χ1n) is 14.7. The minimum absolute atomic E-state index is 1.05. The van der Waals surface area contributed by atoms with Gasteiger partial charge in [0.25, 0.3) is 0 Å². The first kappa shape index (κ1) is 30.4. The molecule has 0 fully saturated rings. The number of nitrogens with zero attached hydrogens (tertiary/aromatic N) is 1. The Bertz CT molecular complexity index is 517. The van der Waals surface area contributed by atoms with Gasteiger partial charge in [-0.05, 0) is 13.0 Å². The summed E-state index contributed by atoms with van der Waals surface area (Å²) in [7, 11) is 6.08. The molecule has 0 heterocycles. The van der Waals surface area contributed by atoms with E-state index in [1.165, 1.54) is 144 Å². The third kappa shape index (κ3) is 20.4. The summed E-state index contributed by atoms with van der Waals surface area (Å²) >= 11 is 0. The summed E-state index contributed by atoms with van der Waals surface area (Å²) in [5.41, 5.74) is 1.44. The Morgan fingerprint density at radius 3 is 1.45 bits per heavy atom. The van der Waals surface area contributed by atoms with Crippen molar-refractivity contribution in [2.75, 3.05) is 33.7 Å². The van der Waals surface area contributed by atoms with E-state index in [9.17, 15) is 0 Å². The number of hydrogen-bond donors (Lipinski definition) is 1. The summed E-state index contributed by atoms with van der Waals surface area (Å²) in [6.07, 6.45) is 24.9. The Morgan fingerprint density at radius 2 is 1.00 bits per heavy atom. The van der Waals surface area contributed by atoms with Crippen LogP contribution in [-0.2, 0) is 6.54 Å². The van der Waals surface area contributed by atoms with Gasteiger partial charge in [0.2, 0.25) is 0 Å². The molecule has 3 heteroatoms. The van der Waals surface area contributed by atoms with Crippen molar-refractivity contribution < 1.29 is 4.48 Å². The molecule has 0 radical (unpaired) electrons. The van der Waals surface area contributed by atoms with Crippen molar-refractivity contribution in [3.63, 3.8) is 0 Å². The largest absolute Gasteiger partial charge is 0.324 e. The second-order valence-corrected chi connectivity index (χ2v) is 12.1. The number of rotatable bonds is 24. The molecule has 0 saturated carbocycles.